The minimum absolute atomic E-state index is 0.347. The number of hydrogen-bond donors (Lipinski definition) is 1. The molecule has 4 nitrogen and oxygen atoms in total. The van der Waals surface area contributed by atoms with Gasteiger partial charge in [-0.25, -0.2) is 4.68 Å². The standard InChI is InChI=1S/C10H16BrN3O/c1-7(8-2-4-15-5-3-8)14-10(12)9(11)6-13-14/h6-8H,2-5,12H2,1H3. The zero-order valence-electron chi connectivity index (χ0n) is 8.82. The average Bonchev–Trinajstić information content (AvgIpc) is 2.60. The topological polar surface area (TPSA) is 53.1 Å². The minimum atomic E-state index is 0.347. The van der Waals surface area contributed by atoms with Crippen LogP contribution in [0.15, 0.2) is 10.7 Å². The number of nitrogen functional groups attached to an aromatic ring is 1. The van der Waals surface area contributed by atoms with Gasteiger partial charge >= 0.3 is 0 Å². The Bertz CT molecular complexity index is 333. The van der Waals surface area contributed by atoms with Gasteiger partial charge in [-0.05, 0) is 41.6 Å². The van der Waals surface area contributed by atoms with Crippen LogP contribution in [-0.2, 0) is 4.74 Å². The van der Waals surface area contributed by atoms with Crippen molar-refractivity contribution in [3.63, 3.8) is 0 Å². The van der Waals surface area contributed by atoms with Crippen molar-refractivity contribution in [3.8, 4) is 0 Å². The summed E-state index contributed by atoms with van der Waals surface area (Å²) < 4.78 is 8.13. The number of ether oxygens (including phenoxy) is 1. The van der Waals surface area contributed by atoms with Crippen LogP contribution >= 0.6 is 15.9 Å². The zero-order chi connectivity index (χ0) is 10.8. The minimum Gasteiger partial charge on any atom is -0.383 e. The Balaban J connectivity index is 2.12. The molecule has 0 aliphatic carbocycles. The van der Waals surface area contributed by atoms with E-state index in [9.17, 15) is 0 Å². The average molecular weight is 274 g/mol. The fourth-order valence-electron chi connectivity index (χ4n) is 2.07. The van der Waals surface area contributed by atoms with Gasteiger partial charge in [0.15, 0.2) is 0 Å². The lowest BCUT2D eigenvalue weighted by molar-refractivity contribution is 0.0499. The molecule has 5 heteroatoms. The van der Waals surface area contributed by atoms with E-state index in [-0.39, 0.29) is 0 Å². The molecule has 0 spiro atoms. The van der Waals surface area contributed by atoms with E-state index >= 15 is 0 Å². The predicted molar refractivity (Wildman–Crippen MR) is 62.6 cm³/mol. The number of nitrogens with two attached hydrogens (primary N) is 1. The lowest BCUT2D eigenvalue weighted by Gasteiger charge is -2.28. The molecule has 1 atom stereocenters. The molecule has 1 aliphatic rings. The normalized spacial score (nSPS) is 20.4. The van der Waals surface area contributed by atoms with Crippen molar-refractivity contribution in [1.29, 1.82) is 0 Å². The molecule has 0 saturated carbocycles. The number of anilines is 1. The Morgan fingerprint density at radius 3 is 2.80 bits per heavy atom. The van der Waals surface area contributed by atoms with Crippen LogP contribution in [0.4, 0.5) is 5.82 Å². The van der Waals surface area contributed by atoms with Gasteiger partial charge in [-0.1, -0.05) is 0 Å². The van der Waals surface area contributed by atoms with E-state index in [0.717, 1.165) is 30.5 Å². The number of aromatic nitrogens is 2. The zero-order valence-corrected chi connectivity index (χ0v) is 10.4. The summed E-state index contributed by atoms with van der Waals surface area (Å²) in [4.78, 5) is 0. The highest BCUT2D eigenvalue weighted by molar-refractivity contribution is 9.10. The molecule has 2 N–H and O–H groups in total. The van der Waals surface area contributed by atoms with Crippen molar-refractivity contribution in [2.45, 2.75) is 25.8 Å². The number of nitrogens with zero attached hydrogens (tertiary/aromatic N) is 2. The van der Waals surface area contributed by atoms with E-state index in [4.69, 9.17) is 10.5 Å². The molecule has 1 fully saturated rings. The molecule has 1 aliphatic heterocycles. The van der Waals surface area contributed by atoms with Crippen molar-refractivity contribution in [1.82, 2.24) is 9.78 Å². The van der Waals surface area contributed by atoms with E-state index < -0.39 is 0 Å². The van der Waals surface area contributed by atoms with Crippen LogP contribution in [0.5, 0.6) is 0 Å². The van der Waals surface area contributed by atoms with Crippen molar-refractivity contribution < 1.29 is 4.74 Å². The maximum Gasteiger partial charge on any atom is 0.136 e. The first-order valence-corrected chi connectivity index (χ1v) is 6.05. The summed E-state index contributed by atoms with van der Waals surface area (Å²) >= 11 is 3.38. The predicted octanol–water partition coefficient (Wildman–Crippen LogP) is 2.22. The summed E-state index contributed by atoms with van der Waals surface area (Å²) in [7, 11) is 0. The highest BCUT2D eigenvalue weighted by Crippen LogP contribution is 2.30. The van der Waals surface area contributed by atoms with Gasteiger partial charge in [0.1, 0.15) is 5.82 Å². The van der Waals surface area contributed by atoms with Gasteiger partial charge in [0, 0.05) is 13.2 Å². The summed E-state index contributed by atoms with van der Waals surface area (Å²) in [6.07, 6.45) is 3.95. The van der Waals surface area contributed by atoms with Crippen LogP contribution in [0.3, 0.4) is 0 Å². The molecule has 0 bridgehead atoms. The van der Waals surface area contributed by atoms with Crippen molar-refractivity contribution in [2.75, 3.05) is 18.9 Å². The SMILES string of the molecule is CC(C1CCOCC1)n1ncc(Br)c1N. The number of halogens is 1. The third kappa shape index (κ3) is 2.18. The fraction of sp³-hybridized carbons (Fsp3) is 0.700. The van der Waals surface area contributed by atoms with Crippen LogP contribution < -0.4 is 5.73 Å². The van der Waals surface area contributed by atoms with Crippen LogP contribution in [0.1, 0.15) is 25.8 Å². The Morgan fingerprint density at radius 2 is 2.27 bits per heavy atom. The summed E-state index contributed by atoms with van der Waals surface area (Å²) in [6.45, 7) is 3.89. The van der Waals surface area contributed by atoms with Crippen LogP contribution in [-0.4, -0.2) is 23.0 Å². The van der Waals surface area contributed by atoms with Gasteiger partial charge in [-0.2, -0.15) is 5.10 Å². The smallest absolute Gasteiger partial charge is 0.136 e. The second kappa shape index (κ2) is 4.53. The van der Waals surface area contributed by atoms with Crippen molar-refractivity contribution >= 4 is 21.7 Å². The molecule has 1 saturated heterocycles. The monoisotopic (exact) mass is 273 g/mol. The molecule has 1 unspecified atom stereocenters. The highest BCUT2D eigenvalue weighted by Gasteiger charge is 2.23. The molecule has 0 radical (unpaired) electrons. The second-order valence-corrected chi connectivity index (χ2v) is 4.87. The van der Waals surface area contributed by atoms with Gasteiger partial charge in [-0.15, -0.1) is 0 Å². The van der Waals surface area contributed by atoms with E-state index in [1.165, 1.54) is 0 Å². The van der Waals surface area contributed by atoms with Crippen LogP contribution in [0, 0.1) is 5.92 Å². The summed E-state index contributed by atoms with van der Waals surface area (Å²) in [6, 6.07) is 0.347. The van der Waals surface area contributed by atoms with E-state index in [0.29, 0.717) is 17.8 Å². The maximum absolute atomic E-state index is 5.93. The molecule has 15 heavy (non-hydrogen) atoms. The number of rotatable bonds is 2. The van der Waals surface area contributed by atoms with Gasteiger partial charge in [0.05, 0.1) is 16.7 Å². The summed E-state index contributed by atoms with van der Waals surface area (Å²) in [5.74, 6) is 1.34. The first kappa shape index (κ1) is 11.0. The number of hydrogen-bond acceptors (Lipinski definition) is 3. The Morgan fingerprint density at radius 1 is 1.60 bits per heavy atom. The molecule has 1 aromatic heterocycles. The largest absolute Gasteiger partial charge is 0.383 e. The van der Waals surface area contributed by atoms with E-state index in [2.05, 4.69) is 28.0 Å². The summed E-state index contributed by atoms with van der Waals surface area (Å²) in [5, 5.41) is 4.29. The molecule has 2 heterocycles. The van der Waals surface area contributed by atoms with Crippen molar-refractivity contribution in [3.05, 3.63) is 10.7 Å². The third-order valence-electron chi connectivity index (χ3n) is 3.12. The molecular weight excluding hydrogens is 258 g/mol. The highest BCUT2D eigenvalue weighted by atomic mass is 79.9. The lowest BCUT2D eigenvalue weighted by Crippen LogP contribution is -2.25. The van der Waals surface area contributed by atoms with Gasteiger partial charge < -0.3 is 10.5 Å². The molecule has 0 amide bonds. The van der Waals surface area contributed by atoms with Crippen LogP contribution in [0.25, 0.3) is 0 Å². The van der Waals surface area contributed by atoms with E-state index in [1.807, 2.05) is 4.68 Å². The van der Waals surface area contributed by atoms with Gasteiger partial charge in [-0.3, -0.25) is 0 Å². The van der Waals surface area contributed by atoms with Crippen LogP contribution in [0.2, 0.25) is 0 Å². The molecule has 2 rings (SSSR count). The molecule has 0 aromatic carbocycles. The second-order valence-electron chi connectivity index (χ2n) is 4.01. The lowest BCUT2D eigenvalue weighted by atomic mass is 9.93. The fourth-order valence-corrected chi connectivity index (χ4v) is 2.35. The maximum atomic E-state index is 5.93. The Hall–Kier alpha value is -0.550. The first-order valence-electron chi connectivity index (χ1n) is 5.26. The molecule has 84 valence electrons. The Kier molecular flexibility index (Phi) is 3.31. The Labute approximate surface area is 97.9 Å². The first-order chi connectivity index (χ1) is 7.20. The van der Waals surface area contributed by atoms with Gasteiger partial charge in [0.25, 0.3) is 0 Å². The summed E-state index contributed by atoms with van der Waals surface area (Å²) in [5.41, 5.74) is 5.93. The quantitative estimate of drug-likeness (QED) is 0.899. The van der Waals surface area contributed by atoms with E-state index in [1.54, 1.807) is 6.20 Å². The third-order valence-corrected chi connectivity index (χ3v) is 3.73. The molecule has 1 aromatic rings. The van der Waals surface area contributed by atoms with Gasteiger partial charge in [0.2, 0.25) is 0 Å². The van der Waals surface area contributed by atoms with Crippen molar-refractivity contribution in [2.24, 2.45) is 5.92 Å². The molecular formula is C10H16BrN3O.